The molecule has 0 aromatic rings. The molecule has 14 heavy (non-hydrogen) atoms. The van der Waals surface area contributed by atoms with Crippen molar-refractivity contribution in [1.29, 1.82) is 0 Å². The third-order valence-electron chi connectivity index (χ3n) is 3.14. The molecule has 0 radical (unpaired) electrons. The topological polar surface area (TPSA) is 12.0 Å². The highest BCUT2D eigenvalue weighted by molar-refractivity contribution is 5.15. The largest absolute Gasteiger partial charge is 0.316 e. The third-order valence-corrected chi connectivity index (χ3v) is 3.14. The van der Waals surface area contributed by atoms with E-state index < -0.39 is 0 Å². The van der Waals surface area contributed by atoms with Crippen LogP contribution in [0, 0.1) is 11.3 Å². The lowest BCUT2D eigenvalue weighted by molar-refractivity contribution is 0.355. The molecule has 1 heteroatoms. The van der Waals surface area contributed by atoms with Crippen molar-refractivity contribution in [1.82, 2.24) is 5.32 Å². The van der Waals surface area contributed by atoms with E-state index in [1.165, 1.54) is 19.3 Å². The van der Waals surface area contributed by atoms with Crippen LogP contribution in [0.25, 0.3) is 0 Å². The molecule has 1 N–H and O–H groups in total. The second-order valence-electron chi connectivity index (χ2n) is 5.51. The van der Waals surface area contributed by atoms with Crippen LogP contribution in [0.5, 0.6) is 0 Å². The van der Waals surface area contributed by atoms with E-state index in [2.05, 4.69) is 39.1 Å². The zero-order valence-electron chi connectivity index (χ0n) is 10.2. The summed E-state index contributed by atoms with van der Waals surface area (Å²) in [5.74, 6) is 0.830. The van der Waals surface area contributed by atoms with Crippen molar-refractivity contribution in [3.05, 3.63) is 11.6 Å². The lowest BCUT2D eigenvalue weighted by atomic mass is 9.79. The summed E-state index contributed by atoms with van der Waals surface area (Å²) >= 11 is 0. The minimum absolute atomic E-state index is 0.384. The van der Waals surface area contributed by atoms with Gasteiger partial charge in [-0.3, -0.25) is 0 Å². The SMILES string of the molecule is CC(C)CC/C=C1/CCNCC1(C)C. The maximum Gasteiger partial charge on any atom is 0.00400 e. The van der Waals surface area contributed by atoms with Gasteiger partial charge in [0, 0.05) is 6.54 Å². The quantitative estimate of drug-likeness (QED) is 0.681. The first-order valence-electron chi connectivity index (χ1n) is 5.92. The van der Waals surface area contributed by atoms with Crippen LogP contribution < -0.4 is 5.32 Å². The minimum Gasteiger partial charge on any atom is -0.316 e. The highest BCUT2D eigenvalue weighted by atomic mass is 14.9. The van der Waals surface area contributed by atoms with E-state index >= 15 is 0 Å². The van der Waals surface area contributed by atoms with Crippen LogP contribution in [0.4, 0.5) is 0 Å². The summed E-state index contributed by atoms with van der Waals surface area (Å²) in [6.07, 6.45) is 6.31. The van der Waals surface area contributed by atoms with Crippen molar-refractivity contribution in [3.8, 4) is 0 Å². The summed E-state index contributed by atoms with van der Waals surface area (Å²) in [7, 11) is 0. The standard InChI is InChI=1S/C13H25N/c1-11(2)6-5-7-12-8-9-14-10-13(12,3)4/h7,11,14H,5-6,8-10H2,1-4H3/b12-7-. The Morgan fingerprint density at radius 3 is 2.71 bits per heavy atom. The van der Waals surface area contributed by atoms with Crippen LogP contribution in [-0.2, 0) is 0 Å². The summed E-state index contributed by atoms with van der Waals surface area (Å²) in [6, 6.07) is 0. The molecule has 0 bridgehead atoms. The average molecular weight is 195 g/mol. The lowest BCUT2D eigenvalue weighted by Gasteiger charge is -2.33. The molecule has 1 rings (SSSR count). The van der Waals surface area contributed by atoms with Gasteiger partial charge >= 0.3 is 0 Å². The van der Waals surface area contributed by atoms with E-state index in [0.29, 0.717) is 5.41 Å². The van der Waals surface area contributed by atoms with Crippen LogP contribution in [0.2, 0.25) is 0 Å². The van der Waals surface area contributed by atoms with Gasteiger partial charge < -0.3 is 5.32 Å². The normalized spacial score (nSPS) is 24.5. The molecule has 1 saturated heterocycles. The Bertz CT molecular complexity index is 201. The average Bonchev–Trinajstić information content (AvgIpc) is 2.07. The van der Waals surface area contributed by atoms with E-state index in [1.807, 2.05) is 0 Å². The second-order valence-corrected chi connectivity index (χ2v) is 5.51. The Balaban J connectivity index is 2.47. The van der Waals surface area contributed by atoms with Gasteiger partial charge in [0.1, 0.15) is 0 Å². The van der Waals surface area contributed by atoms with Crippen molar-refractivity contribution >= 4 is 0 Å². The van der Waals surface area contributed by atoms with Crippen molar-refractivity contribution in [2.75, 3.05) is 13.1 Å². The van der Waals surface area contributed by atoms with Crippen molar-refractivity contribution in [3.63, 3.8) is 0 Å². The smallest absolute Gasteiger partial charge is 0.00400 e. The van der Waals surface area contributed by atoms with Crippen LogP contribution >= 0.6 is 0 Å². The van der Waals surface area contributed by atoms with Crippen LogP contribution in [0.3, 0.4) is 0 Å². The second kappa shape index (κ2) is 4.97. The summed E-state index contributed by atoms with van der Waals surface area (Å²) in [5, 5.41) is 3.46. The molecule has 1 heterocycles. The maximum atomic E-state index is 3.46. The van der Waals surface area contributed by atoms with Crippen LogP contribution in [0.15, 0.2) is 11.6 Å². The molecule has 1 aliphatic rings. The Labute approximate surface area is 89.0 Å². The highest BCUT2D eigenvalue weighted by Gasteiger charge is 2.25. The predicted molar refractivity (Wildman–Crippen MR) is 63.4 cm³/mol. The molecule has 0 unspecified atom stereocenters. The zero-order chi connectivity index (χ0) is 10.6. The first kappa shape index (κ1) is 11.8. The van der Waals surface area contributed by atoms with Gasteiger partial charge in [-0.25, -0.2) is 0 Å². The number of hydrogen-bond donors (Lipinski definition) is 1. The molecule has 0 aromatic carbocycles. The van der Waals surface area contributed by atoms with Crippen molar-refractivity contribution in [2.45, 2.75) is 47.0 Å². The Hall–Kier alpha value is -0.300. The number of nitrogens with one attached hydrogen (secondary N) is 1. The third kappa shape index (κ3) is 3.45. The molecule has 0 aromatic heterocycles. The summed E-state index contributed by atoms with van der Waals surface area (Å²) in [4.78, 5) is 0. The van der Waals surface area contributed by atoms with Gasteiger partial charge in [0.2, 0.25) is 0 Å². The Morgan fingerprint density at radius 1 is 1.43 bits per heavy atom. The van der Waals surface area contributed by atoms with Crippen LogP contribution in [-0.4, -0.2) is 13.1 Å². The van der Waals surface area contributed by atoms with E-state index in [0.717, 1.165) is 19.0 Å². The van der Waals surface area contributed by atoms with Gasteiger partial charge in [-0.2, -0.15) is 0 Å². The molecule has 0 atom stereocenters. The van der Waals surface area contributed by atoms with E-state index in [-0.39, 0.29) is 0 Å². The fourth-order valence-corrected chi connectivity index (χ4v) is 2.05. The van der Waals surface area contributed by atoms with Crippen LogP contribution in [0.1, 0.15) is 47.0 Å². The number of hydrogen-bond acceptors (Lipinski definition) is 1. The van der Waals surface area contributed by atoms with Gasteiger partial charge in [0.05, 0.1) is 0 Å². The highest BCUT2D eigenvalue weighted by Crippen LogP contribution is 2.31. The van der Waals surface area contributed by atoms with Gasteiger partial charge in [0.15, 0.2) is 0 Å². The molecular weight excluding hydrogens is 170 g/mol. The monoisotopic (exact) mass is 195 g/mol. The van der Waals surface area contributed by atoms with Gasteiger partial charge in [-0.1, -0.05) is 39.3 Å². The molecule has 1 nitrogen and oxygen atoms in total. The first-order chi connectivity index (χ1) is 6.52. The number of piperidine rings is 1. The molecule has 0 aliphatic carbocycles. The maximum absolute atomic E-state index is 3.46. The molecule has 0 spiro atoms. The fraction of sp³-hybridized carbons (Fsp3) is 0.846. The summed E-state index contributed by atoms with van der Waals surface area (Å²) < 4.78 is 0. The lowest BCUT2D eigenvalue weighted by Crippen LogP contribution is -2.37. The molecule has 0 amide bonds. The first-order valence-corrected chi connectivity index (χ1v) is 5.92. The van der Waals surface area contributed by atoms with Crippen molar-refractivity contribution < 1.29 is 0 Å². The minimum atomic E-state index is 0.384. The molecule has 0 saturated carbocycles. The Morgan fingerprint density at radius 2 is 2.14 bits per heavy atom. The van der Waals surface area contributed by atoms with E-state index in [9.17, 15) is 0 Å². The van der Waals surface area contributed by atoms with E-state index in [1.54, 1.807) is 5.57 Å². The molecule has 82 valence electrons. The van der Waals surface area contributed by atoms with Gasteiger partial charge in [-0.15, -0.1) is 0 Å². The zero-order valence-corrected chi connectivity index (χ0v) is 10.2. The number of rotatable bonds is 3. The summed E-state index contributed by atoms with van der Waals surface area (Å²) in [6.45, 7) is 11.6. The molecular formula is C13H25N. The molecule has 1 fully saturated rings. The van der Waals surface area contributed by atoms with Gasteiger partial charge in [0.25, 0.3) is 0 Å². The van der Waals surface area contributed by atoms with E-state index in [4.69, 9.17) is 0 Å². The van der Waals surface area contributed by atoms with Crippen molar-refractivity contribution in [2.24, 2.45) is 11.3 Å². The fourth-order valence-electron chi connectivity index (χ4n) is 2.05. The summed E-state index contributed by atoms with van der Waals surface area (Å²) in [5.41, 5.74) is 2.05. The Kier molecular flexibility index (Phi) is 4.18. The van der Waals surface area contributed by atoms with Gasteiger partial charge in [-0.05, 0) is 37.1 Å². The predicted octanol–water partition coefficient (Wildman–Crippen LogP) is 3.37. The number of allylic oxidation sites excluding steroid dienone is 1. The molecule has 1 aliphatic heterocycles.